The Kier molecular flexibility index (Phi) is 10.5. The lowest BCUT2D eigenvalue weighted by Gasteiger charge is -2.15. The highest BCUT2D eigenvalue weighted by Crippen LogP contribution is 2.30. The number of guanidine groups is 1. The van der Waals surface area contributed by atoms with Crippen molar-refractivity contribution in [3.8, 4) is 17.2 Å². The van der Waals surface area contributed by atoms with Crippen molar-refractivity contribution in [2.24, 2.45) is 4.99 Å². The van der Waals surface area contributed by atoms with E-state index in [0.29, 0.717) is 30.6 Å². The van der Waals surface area contributed by atoms with Gasteiger partial charge in [0.25, 0.3) is 0 Å². The Balaban J connectivity index is 0.00000392. The molecule has 154 valence electrons. The van der Waals surface area contributed by atoms with Gasteiger partial charge in [0.05, 0.1) is 19.8 Å². The van der Waals surface area contributed by atoms with Crippen molar-refractivity contribution in [1.29, 1.82) is 0 Å². The Morgan fingerprint density at radius 3 is 2.54 bits per heavy atom. The Labute approximate surface area is 184 Å². The lowest BCUT2D eigenvalue weighted by molar-refractivity contribution is 0.242. The molecule has 0 aliphatic rings. The molecule has 0 aliphatic carbocycles. The van der Waals surface area contributed by atoms with Crippen LogP contribution in [0.15, 0.2) is 47.5 Å². The zero-order chi connectivity index (χ0) is 19.6. The smallest absolute Gasteiger partial charge is 0.195 e. The molecule has 0 unspecified atom stereocenters. The molecule has 0 amide bonds. The molecule has 6 nitrogen and oxygen atoms in total. The molecule has 7 heteroatoms. The van der Waals surface area contributed by atoms with E-state index in [-0.39, 0.29) is 30.1 Å². The summed E-state index contributed by atoms with van der Waals surface area (Å²) in [6, 6.07) is 13.7. The summed E-state index contributed by atoms with van der Waals surface area (Å²) in [5.74, 6) is 2.92. The molecule has 0 aliphatic heterocycles. The summed E-state index contributed by atoms with van der Waals surface area (Å²) in [6.07, 6.45) is 0.150. The van der Waals surface area contributed by atoms with Crippen molar-refractivity contribution in [2.75, 3.05) is 26.1 Å². The lowest BCUT2D eigenvalue weighted by atomic mass is 10.2. The maximum atomic E-state index is 5.74. The molecular weight excluding hydrogens is 469 g/mol. The number of hydrogen-bond donors (Lipinski definition) is 2. The van der Waals surface area contributed by atoms with Gasteiger partial charge in [-0.3, -0.25) is 4.99 Å². The van der Waals surface area contributed by atoms with Gasteiger partial charge in [-0.25, -0.2) is 0 Å². The predicted molar refractivity (Wildman–Crippen MR) is 126 cm³/mol. The Hall–Kier alpha value is -2.16. The molecule has 0 saturated heterocycles. The Morgan fingerprint density at radius 2 is 1.89 bits per heavy atom. The maximum Gasteiger partial charge on any atom is 0.195 e. The third kappa shape index (κ3) is 7.46. The Morgan fingerprint density at radius 1 is 1.11 bits per heavy atom. The summed E-state index contributed by atoms with van der Waals surface area (Å²) in [5, 5.41) is 6.57. The molecule has 2 N–H and O–H groups in total. The van der Waals surface area contributed by atoms with Crippen LogP contribution in [0.3, 0.4) is 0 Å². The number of ether oxygens (including phenoxy) is 3. The molecule has 0 aromatic heterocycles. The highest BCUT2D eigenvalue weighted by Gasteiger charge is 2.07. The van der Waals surface area contributed by atoms with Gasteiger partial charge in [0.1, 0.15) is 5.75 Å². The maximum absolute atomic E-state index is 5.74. The van der Waals surface area contributed by atoms with Gasteiger partial charge >= 0.3 is 0 Å². The first-order chi connectivity index (χ1) is 13.0. The summed E-state index contributed by atoms with van der Waals surface area (Å²) in [5.41, 5.74) is 1.98. The Bertz CT molecular complexity index is 766. The van der Waals surface area contributed by atoms with Crippen molar-refractivity contribution in [1.82, 2.24) is 5.32 Å². The average molecular weight is 499 g/mol. The number of nitrogens with one attached hydrogen (secondary N) is 2. The topological polar surface area (TPSA) is 64.1 Å². The van der Waals surface area contributed by atoms with Gasteiger partial charge in [-0.05, 0) is 50.6 Å². The third-order valence-corrected chi connectivity index (χ3v) is 3.68. The van der Waals surface area contributed by atoms with Crippen molar-refractivity contribution < 1.29 is 14.2 Å². The molecule has 0 fully saturated rings. The molecule has 0 saturated carbocycles. The number of nitrogens with zero attached hydrogens (tertiary/aromatic N) is 1. The molecule has 0 atom stereocenters. The monoisotopic (exact) mass is 499 g/mol. The van der Waals surface area contributed by atoms with E-state index >= 15 is 0 Å². The van der Waals surface area contributed by atoms with E-state index in [1.165, 1.54) is 0 Å². The fourth-order valence-electron chi connectivity index (χ4n) is 2.53. The minimum atomic E-state index is 0. The normalized spacial score (nSPS) is 10.9. The number of hydrogen-bond acceptors (Lipinski definition) is 4. The zero-order valence-corrected chi connectivity index (χ0v) is 19.4. The van der Waals surface area contributed by atoms with Crippen LogP contribution in [0.4, 0.5) is 5.69 Å². The molecule has 2 aromatic rings. The summed E-state index contributed by atoms with van der Waals surface area (Å²) in [6.45, 7) is 7.17. The van der Waals surface area contributed by atoms with E-state index in [9.17, 15) is 0 Å². The van der Waals surface area contributed by atoms with E-state index in [1.807, 2.05) is 63.2 Å². The van der Waals surface area contributed by atoms with Crippen molar-refractivity contribution in [3.63, 3.8) is 0 Å². The van der Waals surface area contributed by atoms with Gasteiger partial charge in [-0.15, -0.1) is 24.0 Å². The lowest BCUT2D eigenvalue weighted by Crippen LogP contribution is -2.30. The summed E-state index contributed by atoms with van der Waals surface area (Å²) >= 11 is 0. The van der Waals surface area contributed by atoms with Gasteiger partial charge in [-0.1, -0.05) is 12.1 Å². The minimum Gasteiger partial charge on any atom is -0.493 e. The van der Waals surface area contributed by atoms with Crippen LogP contribution in [0.1, 0.15) is 26.3 Å². The molecular formula is C21H30IN3O3. The first-order valence-corrected chi connectivity index (χ1v) is 9.09. The van der Waals surface area contributed by atoms with Gasteiger partial charge < -0.3 is 24.8 Å². The minimum absolute atomic E-state index is 0. The summed E-state index contributed by atoms with van der Waals surface area (Å²) in [7, 11) is 3.36. The van der Waals surface area contributed by atoms with Crippen LogP contribution in [-0.4, -0.2) is 32.8 Å². The van der Waals surface area contributed by atoms with Crippen LogP contribution in [-0.2, 0) is 6.54 Å². The number of methoxy groups -OCH3 is 1. The van der Waals surface area contributed by atoms with E-state index in [1.54, 1.807) is 14.2 Å². The van der Waals surface area contributed by atoms with Crippen molar-refractivity contribution in [2.45, 2.75) is 33.4 Å². The predicted octanol–water partition coefficient (Wildman–Crippen LogP) is 4.69. The highest BCUT2D eigenvalue weighted by atomic mass is 127. The first kappa shape index (κ1) is 23.9. The molecule has 2 aromatic carbocycles. The van der Waals surface area contributed by atoms with E-state index < -0.39 is 0 Å². The largest absolute Gasteiger partial charge is 0.493 e. The molecule has 0 bridgehead atoms. The second-order valence-electron chi connectivity index (χ2n) is 6.16. The number of anilines is 1. The van der Waals surface area contributed by atoms with Gasteiger partial charge in [0.2, 0.25) is 0 Å². The van der Waals surface area contributed by atoms with Crippen molar-refractivity contribution in [3.05, 3.63) is 48.0 Å². The zero-order valence-electron chi connectivity index (χ0n) is 17.1. The van der Waals surface area contributed by atoms with Gasteiger partial charge in [0.15, 0.2) is 17.5 Å². The number of halogens is 1. The molecule has 2 rings (SSSR count). The van der Waals surface area contributed by atoms with E-state index in [2.05, 4.69) is 15.6 Å². The first-order valence-electron chi connectivity index (χ1n) is 9.09. The van der Waals surface area contributed by atoms with Crippen LogP contribution in [0.25, 0.3) is 0 Å². The molecule has 0 heterocycles. The SMILES string of the molecule is CCOc1cc(NC(=NC)NCc2cccc(OC(C)C)c2)ccc1OC.I. The van der Waals surface area contributed by atoms with Crippen LogP contribution in [0.5, 0.6) is 17.2 Å². The van der Waals surface area contributed by atoms with Gasteiger partial charge in [-0.2, -0.15) is 0 Å². The average Bonchev–Trinajstić information content (AvgIpc) is 2.65. The van der Waals surface area contributed by atoms with Crippen LogP contribution in [0, 0.1) is 0 Å². The van der Waals surface area contributed by atoms with E-state index in [4.69, 9.17) is 14.2 Å². The summed E-state index contributed by atoms with van der Waals surface area (Å²) in [4.78, 5) is 4.28. The van der Waals surface area contributed by atoms with Gasteiger partial charge in [0, 0.05) is 25.3 Å². The number of aliphatic imine (C=N–C) groups is 1. The second kappa shape index (κ2) is 12.3. The molecule has 0 spiro atoms. The third-order valence-electron chi connectivity index (χ3n) is 3.68. The molecule has 28 heavy (non-hydrogen) atoms. The van der Waals surface area contributed by atoms with E-state index in [0.717, 1.165) is 17.0 Å². The van der Waals surface area contributed by atoms with Crippen LogP contribution < -0.4 is 24.8 Å². The fourth-order valence-corrected chi connectivity index (χ4v) is 2.53. The number of benzene rings is 2. The quantitative estimate of drug-likeness (QED) is 0.314. The van der Waals surface area contributed by atoms with Crippen molar-refractivity contribution >= 4 is 35.6 Å². The highest BCUT2D eigenvalue weighted by molar-refractivity contribution is 14.0. The summed E-state index contributed by atoms with van der Waals surface area (Å²) < 4.78 is 16.7. The number of rotatable bonds is 8. The van der Waals surface area contributed by atoms with Crippen LogP contribution >= 0.6 is 24.0 Å². The van der Waals surface area contributed by atoms with Crippen LogP contribution in [0.2, 0.25) is 0 Å². The standard InChI is InChI=1S/C21H29N3O3.HI/c1-6-26-20-13-17(10-11-19(20)25-5)24-21(22-4)23-14-16-8-7-9-18(12-16)27-15(2)3;/h7-13,15H,6,14H2,1-5H3,(H2,22,23,24);1H. The second-order valence-corrected chi connectivity index (χ2v) is 6.16. The fraction of sp³-hybridized carbons (Fsp3) is 0.381. The molecule has 0 radical (unpaired) electrons.